The fourth-order valence-electron chi connectivity index (χ4n) is 3.62. The number of aromatic nitrogens is 3. The number of pyridine rings is 1. The van der Waals surface area contributed by atoms with Crippen LogP contribution in [-0.4, -0.2) is 45.3 Å². The highest BCUT2D eigenvalue weighted by Gasteiger charge is 2.24. The van der Waals surface area contributed by atoms with Gasteiger partial charge in [-0.3, -0.25) is 0 Å². The quantitative estimate of drug-likeness (QED) is 0.619. The van der Waals surface area contributed by atoms with E-state index in [1.165, 1.54) is 6.33 Å². The third-order valence-electron chi connectivity index (χ3n) is 5.18. The maximum absolute atomic E-state index is 11.5. The van der Waals surface area contributed by atoms with Crippen molar-refractivity contribution < 1.29 is 19.4 Å². The SMILES string of the molecule is CO[C@H]1CC[C@H](Oc2ncccc2Nc2ncnc3sc(C(=O)O)c(C)c23)CC1. The first kappa shape index (κ1) is 19.5. The lowest BCUT2D eigenvalue weighted by Gasteiger charge is -2.28. The maximum Gasteiger partial charge on any atom is 0.346 e. The number of aryl methyl sites for hydroxylation is 1. The summed E-state index contributed by atoms with van der Waals surface area (Å²) in [6.45, 7) is 1.77. The van der Waals surface area contributed by atoms with E-state index >= 15 is 0 Å². The monoisotopic (exact) mass is 414 g/mol. The summed E-state index contributed by atoms with van der Waals surface area (Å²) in [4.78, 5) is 25.3. The number of ether oxygens (including phenoxy) is 2. The molecule has 0 unspecified atom stereocenters. The number of carboxylic acid groups (broad SMARTS) is 1. The Morgan fingerprint density at radius 3 is 2.69 bits per heavy atom. The Morgan fingerprint density at radius 1 is 1.21 bits per heavy atom. The molecule has 0 aromatic carbocycles. The third kappa shape index (κ3) is 4.01. The predicted octanol–water partition coefficient (Wildman–Crippen LogP) is 4.17. The summed E-state index contributed by atoms with van der Waals surface area (Å²) in [6.07, 6.45) is 7.27. The molecule has 29 heavy (non-hydrogen) atoms. The summed E-state index contributed by atoms with van der Waals surface area (Å²) in [5.74, 6) is 0.0807. The number of fused-ring (bicyclic) bond motifs is 1. The van der Waals surface area contributed by atoms with Crippen molar-refractivity contribution in [3.05, 3.63) is 35.1 Å². The number of thiophene rings is 1. The molecule has 0 amide bonds. The molecule has 0 atom stereocenters. The molecule has 9 heteroatoms. The zero-order chi connectivity index (χ0) is 20.4. The van der Waals surface area contributed by atoms with Crippen LogP contribution >= 0.6 is 11.3 Å². The van der Waals surface area contributed by atoms with Crippen molar-refractivity contribution in [3.63, 3.8) is 0 Å². The Balaban J connectivity index is 1.60. The molecule has 1 saturated carbocycles. The van der Waals surface area contributed by atoms with E-state index in [0.717, 1.165) is 37.0 Å². The summed E-state index contributed by atoms with van der Waals surface area (Å²) in [7, 11) is 1.75. The first-order chi connectivity index (χ1) is 14.1. The van der Waals surface area contributed by atoms with E-state index in [2.05, 4.69) is 20.3 Å². The van der Waals surface area contributed by atoms with Crippen LogP contribution in [0.15, 0.2) is 24.7 Å². The van der Waals surface area contributed by atoms with E-state index in [1.54, 1.807) is 20.2 Å². The second-order valence-electron chi connectivity index (χ2n) is 7.00. The van der Waals surface area contributed by atoms with Gasteiger partial charge in [0.2, 0.25) is 5.88 Å². The smallest absolute Gasteiger partial charge is 0.346 e. The average molecular weight is 414 g/mol. The van der Waals surface area contributed by atoms with Gasteiger partial charge in [0.15, 0.2) is 0 Å². The van der Waals surface area contributed by atoms with E-state index in [-0.39, 0.29) is 11.0 Å². The fraction of sp³-hybridized carbons (Fsp3) is 0.400. The molecule has 1 fully saturated rings. The lowest BCUT2D eigenvalue weighted by atomic mass is 9.95. The fourth-order valence-corrected chi connectivity index (χ4v) is 4.61. The molecular weight excluding hydrogens is 392 g/mol. The van der Waals surface area contributed by atoms with Crippen molar-refractivity contribution in [2.24, 2.45) is 0 Å². The molecular formula is C20H22N4O4S. The Morgan fingerprint density at radius 2 is 1.97 bits per heavy atom. The van der Waals surface area contributed by atoms with Gasteiger partial charge in [0, 0.05) is 13.3 Å². The van der Waals surface area contributed by atoms with E-state index in [1.807, 2.05) is 12.1 Å². The van der Waals surface area contributed by atoms with Gasteiger partial charge in [-0.05, 0) is 50.3 Å². The molecule has 1 aliphatic rings. The van der Waals surface area contributed by atoms with E-state index in [0.29, 0.717) is 39.3 Å². The van der Waals surface area contributed by atoms with E-state index in [4.69, 9.17) is 9.47 Å². The zero-order valence-electron chi connectivity index (χ0n) is 16.2. The Kier molecular flexibility index (Phi) is 5.59. The van der Waals surface area contributed by atoms with Gasteiger partial charge < -0.3 is 19.9 Å². The number of carbonyl (C=O) groups is 1. The van der Waals surface area contributed by atoms with Crippen LogP contribution in [0.2, 0.25) is 0 Å². The minimum absolute atomic E-state index is 0.0868. The summed E-state index contributed by atoms with van der Waals surface area (Å²) in [5, 5.41) is 13.4. The van der Waals surface area contributed by atoms with Gasteiger partial charge in [0.05, 0.1) is 11.5 Å². The molecule has 1 aliphatic carbocycles. The highest BCUT2D eigenvalue weighted by atomic mass is 32.1. The van der Waals surface area contributed by atoms with Crippen molar-refractivity contribution in [2.75, 3.05) is 12.4 Å². The highest BCUT2D eigenvalue weighted by molar-refractivity contribution is 7.20. The van der Waals surface area contributed by atoms with Crippen LogP contribution in [0.4, 0.5) is 11.5 Å². The minimum Gasteiger partial charge on any atom is -0.477 e. The maximum atomic E-state index is 11.5. The first-order valence-corrected chi connectivity index (χ1v) is 10.3. The summed E-state index contributed by atoms with van der Waals surface area (Å²) in [5.41, 5.74) is 1.33. The molecule has 0 radical (unpaired) electrons. The summed E-state index contributed by atoms with van der Waals surface area (Å²) < 4.78 is 11.6. The van der Waals surface area contributed by atoms with Gasteiger partial charge >= 0.3 is 5.97 Å². The van der Waals surface area contributed by atoms with Crippen molar-refractivity contribution in [3.8, 4) is 5.88 Å². The topological polar surface area (TPSA) is 106 Å². The highest BCUT2D eigenvalue weighted by Crippen LogP contribution is 2.36. The summed E-state index contributed by atoms with van der Waals surface area (Å²) >= 11 is 1.14. The second kappa shape index (κ2) is 8.30. The van der Waals surface area contributed by atoms with Gasteiger partial charge in [-0.15, -0.1) is 11.3 Å². The normalized spacial score (nSPS) is 19.2. The minimum atomic E-state index is -0.964. The lowest BCUT2D eigenvalue weighted by molar-refractivity contribution is 0.0317. The molecule has 0 saturated heterocycles. The third-order valence-corrected chi connectivity index (χ3v) is 6.37. The molecule has 8 nitrogen and oxygen atoms in total. The molecule has 4 rings (SSSR count). The number of nitrogens with zero attached hydrogens (tertiary/aromatic N) is 3. The molecule has 0 bridgehead atoms. The average Bonchev–Trinajstić information content (AvgIpc) is 3.08. The van der Waals surface area contributed by atoms with Crippen LogP contribution in [0.25, 0.3) is 10.2 Å². The number of methoxy groups -OCH3 is 1. The Hall–Kier alpha value is -2.78. The number of carboxylic acids is 1. The first-order valence-electron chi connectivity index (χ1n) is 9.45. The van der Waals surface area contributed by atoms with Gasteiger partial charge in [-0.2, -0.15) is 0 Å². The summed E-state index contributed by atoms with van der Waals surface area (Å²) in [6, 6.07) is 3.69. The van der Waals surface area contributed by atoms with Gasteiger partial charge in [0.25, 0.3) is 0 Å². The predicted molar refractivity (Wildman–Crippen MR) is 110 cm³/mol. The van der Waals surface area contributed by atoms with E-state index < -0.39 is 5.97 Å². The number of hydrogen-bond donors (Lipinski definition) is 2. The van der Waals surface area contributed by atoms with Crippen LogP contribution in [-0.2, 0) is 4.74 Å². The number of aromatic carboxylic acids is 1. The van der Waals surface area contributed by atoms with Crippen molar-refractivity contribution in [1.29, 1.82) is 0 Å². The standard InChI is InChI=1S/C20H22N4O4S/c1-11-15-17(22-10-23-19(15)29-16(11)20(25)26)24-14-4-3-9-21-18(14)28-13-7-5-12(27-2)6-8-13/h3-4,9-10,12-13H,5-8H2,1-2H3,(H,25,26)(H,22,23,24)/t12-,13-. The van der Waals surface area contributed by atoms with Crippen LogP contribution in [0, 0.1) is 6.92 Å². The van der Waals surface area contributed by atoms with Crippen molar-refractivity contribution in [2.45, 2.75) is 44.8 Å². The number of rotatable bonds is 6. The van der Waals surface area contributed by atoms with Crippen molar-refractivity contribution in [1.82, 2.24) is 15.0 Å². The van der Waals surface area contributed by atoms with Crippen LogP contribution in [0.5, 0.6) is 5.88 Å². The largest absolute Gasteiger partial charge is 0.477 e. The van der Waals surface area contributed by atoms with Gasteiger partial charge in [0.1, 0.15) is 33.6 Å². The van der Waals surface area contributed by atoms with E-state index in [9.17, 15) is 9.90 Å². The molecule has 0 aliphatic heterocycles. The molecule has 3 heterocycles. The number of nitrogens with one attached hydrogen (secondary N) is 1. The number of hydrogen-bond acceptors (Lipinski definition) is 8. The van der Waals surface area contributed by atoms with Gasteiger partial charge in [-0.25, -0.2) is 19.7 Å². The molecule has 3 aromatic heterocycles. The van der Waals surface area contributed by atoms with Crippen LogP contribution in [0.3, 0.4) is 0 Å². The molecule has 3 aromatic rings. The zero-order valence-corrected chi connectivity index (χ0v) is 17.0. The second-order valence-corrected chi connectivity index (χ2v) is 8.00. The lowest BCUT2D eigenvalue weighted by Crippen LogP contribution is -2.28. The Bertz CT molecular complexity index is 1030. The number of anilines is 2. The molecule has 0 spiro atoms. The van der Waals surface area contributed by atoms with Crippen LogP contribution in [0.1, 0.15) is 40.9 Å². The van der Waals surface area contributed by atoms with Gasteiger partial charge in [-0.1, -0.05) is 0 Å². The molecule has 2 N–H and O–H groups in total. The van der Waals surface area contributed by atoms with Crippen molar-refractivity contribution >= 4 is 39.0 Å². The molecule has 152 valence electrons. The Labute approximate surface area is 171 Å². The van der Waals surface area contributed by atoms with Crippen LogP contribution < -0.4 is 10.1 Å².